The van der Waals surface area contributed by atoms with Crippen LogP contribution in [-0.4, -0.2) is 45.2 Å². The number of hydrogen-bond acceptors (Lipinski definition) is 5. The third-order valence-electron chi connectivity index (χ3n) is 5.19. The Morgan fingerprint density at radius 2 is 1.66 bits per heavy atom. The Bertz CT molecular complexity index is 1230. The molecule has 3 aromatic rings. The lowest BCUT2D eigenvalue weighted by Crippen LogP contribution is -2.34. The van der Waals surface area contributed by atoms with Crippen LogP contribution in [0.3, 0.4) is 0 Å². The molecule has 6 nitrogen and oxygen atoms in total. The maximum Gasteiger partial charge on any atom is 0.305 e. The van der Waals surface area contributed by atoms with E-state index in [-0.39, 0.29) is 37.7 Å². The molecule has 0 saturated carbocycles. The molecule has 1 aliphatic heterocycles. The fraction of sp³-hybridized carbons (Fsp3) is 0.167. The quantitative estimate of drug-likeness (QED) is 0.310. The van der Waals surface area contributed by atoms with Gasteiger partial charge in [-0.25, -0.2) is 0 Å². The van der Waals surface area contributed by atoms with E-state index in [2.05, 4.69) is 11.4 Å². The number of carboxylic acid groups (broad SMARTS) is 1. The summed E-state index contributed by atoms with van der Waals surface area (Å²) in [7, 11) is 0. The first-order valence-corrected chi connectivity index (χ1v) is 11.3. The molecule has 2 amide bonds. The number of carbonyl (C=O) groups excluding carboxylic acids is 2. The van der Waals surface area contributed by atoms with Crippen LogP contribution in [0.1, 0.15) is 18.4 Å². The van der Waals surface area contributed by atoms with Gasteiger partial charge in [0.15, 0.2) is 0 Å². The average molecular weight is 465 g/mol. The third kappa shape index (κ3) is 4.66. The first-order chi connectivity index (χ1) is 15.4. The summed E-state index contributed by atoms with van der Waals surface area (Å²) in [4.78, 5) is 37.5. The molecule has 2 N–H and O–H groups in total. The average Bonchev–Trinajstić information content (AvgIpc) is 3.04. The summed E-state index contributed by atoms with van der Waals surface area (Å²) in [5.41, 5.74) is 0.964. The lowest BCUT2D eigenvalue weighted by molar-refractivity contribution is -0.136. The van der Waals surface area contributed by atoms with Gasteiger partial charge in [0.25, 0.3) is 5.91 Å². The van der Waals surface area contributed by atoms with Gasteiger partial charge in [0.05, 0.1) is 11.3 Å². The molecule has 1 aliphatic rings. The SMILES string of the molecule is O=C(O)CCNC(=O)CCN1C(=O)/C(=C/c2c3ccccc3cc3ccccc23)SC1=S. The number of thioether (sulfide) groups is 1. The number of amides is 2. The van der Waals surface area contributed by atoms with Crippen LogP contribution in [0.15, 0.2) is 59.5 Å². The number of nitrogens with one attached hydrogen (secondary N) is 1. The van der Waals surface area contributed by atoms with Crippen molar-refractivity contribution in [3.05, 3.63) is 65.1 Å². The van der Waals surface area contributed by atoms with E-state index >= 15 is 0 Å². The molecule has 8 heteroatoms. The van der Waals surface area contributed by atoms with Crippen molar-refractivity contribution in [1.82, 2.24) is 10.2 Å². The van der Waals surface area contributed by atoms with Crippen molar-refractivity contribution >= 4 is 73.7 Å². The summed E-state index contributed by atoms with van der Waals surface area (Å²) in [5.74, 6) is -1.52. The van der Waals surface area contributed by atoms with E-state index in [1.807, 2.05) is 54.6 Å². The molecule has 1 saturated heterocycles. The molecule has 0 bridgehead atoms. The number of thiocarbonyl (C=S) groups is 1. The molecule has 0 aliphatic carbocycles. The monoisotopic (exact) mass is 464 g/mol. The predicted octanol–water partition coefficient (Wildman–Crippen LogP) is 4.18. The zero-order valence-electron chi connectivity index (χ0n) is 17.0. The van der Waals surface area contributed by atoms with Gasteiger partial charge in [0.1, 0.15) is 4.32 Å². The topological polar surface area (TPSA) is 86.7 Å². The van der Waals surface area contributed by atoms with Crippen LogP contribution in [0.5, 0.6) is 0 Å². The number of aliphatic carboxylic acids is 1. The Hall–Kier alpha value is -3.23. The Kier molecular flexibility index (Phi) is 6.53. The summed E-state index contributed by atoms with van der Waals surface area (Å²) in [6.45, 7) is 0.206. The van der Waals surface area contributed by atoms with Crippen molar-refractivity contribution < 1.29 is 19.5 Å². The number of fused-ring (bicyclic) bond motifs is 2. The van der Waals surface area contributed by atoms with E-state index in [1.165, 1.54) is 16.7 Å². The van der Waals surface area contributed by atoms with Gasteiger partial charge in [-0.1, -0.05) is 72.5 Å². The molecule has 1 fully saturated rings. The minimum atomic E-state index is -0.978. The lowest BCUT2D eigenvalue weighted by Gasteiger charge is -2.14. The van der Waals surface area contributed by atoms with Crippen molar-refractivity contribution in [2.24, 2.45) is 0 Å². The summed E-state index contributed by atoms with van der Waals surface area (Å²) >= 11 is 6.62. The number of carboxylic acids is 1. The molecular formula is C24H20N2O4S2. The molecule has 0 spiro atoms. The minimum Gasteiger partial charge on any atom is -0.481 e. The number of hydrogen-bond donors (Lipinski definition) is 2. The van der Waals surface area contributed by atoms with Crippen molar-refractivity contribution in [1.29, 1.82) is 0 Å². The van der Waals surface area contributed by atoms with Crippen LogP contribution < -0.4 is 5.32 Å². The summed E-state index contributed by atoms with van der Waals surface area (Å²) in [6, 6.07) is 18.2. The van der Waals surface area contributed by atoms with Crippen molar-refractivity contribution in [3.8, 4) is 0 Å². The number of rotatable bonds is 7. The Balaban J connectivity index is 1.57. The molecular weight excluding hydrogens is 444 g/mol. The van der Waals surface area contributed by atoms with Gasteiger partial charge >= 0.3 is 5.97 Å². The van der Waals surface area contributed by atoms with E-state index in [4.69, 9.17) is 17.3 Å². The number of nitrogens with zero attached hydrogens (tertiary/aromatic N) is 1. The highest BCUT2D eigenvalue weighted by atomic mass is 32.2. The standard InChI is InChI=1S/C24H20N2O4S2/c27-21(25-11-9-22(28)29)10-12-26-23(30)20(32-24(26)31)14-19-17-7-3-1-5-15(17)13-16-6-2-4-8-18(16)19/h1-8,13-14H,9-12H2,(H,25,27)(H,28,29)/b20-14-. The summed E-state index contributed by atoms with van der Waals surface area (Å²) in [6.07, 6.45) is 1.79. The van der Waals surface area contributed by atoms with Crippen LogP contribution in [0.25, 0.3) is 27.6 Å². The van der Waals surface area contributed by atoms with E-state index < -0.39 is 5.97 Å². The second-order valence-electron chi connectivity index (χ2n) is 7.31. The van der Waals surface area contributed by atoms with Gasteiger partial charge in [-0.05, 0) is 39.3 Å². The Morgan fingerprint density at radius 1 is 1.03 bits per heavy atom. The second-order valence-corrected chi connectivity index (χ2v) is 8.99. The Labute approximate surface area is 194 Å². The first kappa shape index (κ1) is 22.0. The highest BCUT2D eigenvalue weighted by Crippen LogP contribution is 2.36. The van der Waals surface area contributed by atoms with Crippen molar-refractivity contribution in [2.75, 3.05) is 13.1 Å². The largest absolute Gasteiger partial charge is 0.481 e. The molecule has 0 unspecified atom stereocenters. The minimum absolute atomic E-state index is 0.0521. The molecule has 0 radical (unpaired) electrons. The highest BCUT2D eigenvalue weighted by Gasteiger charge is 2.32. The zero-order chi connectivity index (χ0) is 22.7. The second kappa shape index (κ2) is 9.50. The van der Waals surface area contributed by atoms with Crippen LogP contribution in [0.2, 0.25) is 0 Å². The van der Waals surface area contributed by atoms with Gasteiger partial charge in [-0.3, -0.25) is 19.3 Å². The van der Waals surface area contributed by atoms with Crippen molar-refractivity contribution in [3.63, 3.8) is 0 Å². The Morgan fingerprint density at radius 3 is 2.28 bits per heavy atom. The fourth-order valence-corrected chi connectivity index (χ4v) is 4.93. The normalized spacial score (nSPS) is 15.1. The van der Waals surface area contributed by atoms with E-state index in [9.17, 15) is 14.4 Å². The van der Waals surface area contributed by atoms with Crippen LogP contribution >= 0.6 is 24.0 Å². The maximum atomic E-state index is 13.0. The zero-order valence-corrected chi connectivity index (χ0v) is 18.7. The third-order valence-corrected chi connectivity index (χ3v) is 6.56. The van der Waals surface area contributed by atoms with E-state index in [0.717, 1.165) is 27.1 Å². The van der Waals surface area contributed by atoms with Gasteiger partial charge in [0, 0.05) is 19.5 Å². The van der Waals surface area contributed by atoms with E-state index in [1.54, 1.807) is 0 Å². The number of carbonyl (C=O) groups is 3. The smallest absolute Gasteiger partial charge is 0.305 e. The molecule has 32 heavy (non-hydrogen) atoms. The van der Waals surface area contributed by atoms with Gasteiger partial charge < -0.3 is 10.4 Å². The molecule has 0 aromatic heterocycles. The highest BCUT2D eigenvalue weighted by molar-refractivity contribution is 8.26. The van der Waals surface area contributed by atoms with Crippen LogP contribution in [0.4, 0.5) is 0 Å². The van der Waals surface area contributed by atoms with Gasteiger partial charge in [-0.15, -0.1) is 0 Å². The van der Waals surface area contributed by atoms with Gasteiger partial charge in [-0.2, -0.15) is 0 Å². The summed E-state index contributed by atoms with van der Waals surface area (Å²) in [5, 5.41) is 15.5. The summed E-state index contributed by atoms with van der Waals surface area (Å²) < 4.78 is 0.407. The lowest BCUT2D eigenvalue weighted by atomic mass is 9.96. The van der Waals surface area contributed by atoms with Crippen LogP contribution in [-0.2, 0) is 14.4 Å². The molecule has 1 heterocycles. The number of benzene rings is 3. The maximum absolute atomic E-state index is 13.0. The predicted molar refractivity (Wildman–Crippen MR) is 131 cm³/mol. The molecule has 3 aromatic carbocycles. The van der Waals surface area contributed by atoms with E-state index in [0.29, 0.717) is 9.23 Å². The van der Waals surface area contributed by atoms with Crippen LogP contribution in [0, 0.1) is 0 Å². The molecule has 0 atom stereocenters. The first-order valence-electron chi connectivity index (χ1n) is 10.1. The molecule has 4 rings (SSSR count). The van der Waals surface area contributed by atoms with Crippen molar-refractivity contribution in [2.45, 2.75) is 12.8 Å². The fourth-order valence-electron chi connectivity index (χ4n) is 3.64. The molecule has 162 valence electrons. The van der Waals surface area contributed by atoms with Gasteiger partial charge in [0.2, 0.25) is 5.91 Å².